The normalized spacial score (nSPS) is 15.8. The maximum atomic E-state index is 12.1. The van der Waals surface area contributed by atoms with Gasteiger partial charge in [-0.3, -0.25) is 14.4 Å². The zero-order chi connectivity index (χ0) is 20.1. The molecule has 146 valence electrons. The van der Waals surface area contributed by atoms with Crippen LogP contribution in [-0.2, 0) is 28.8 Å². The number of carboxylic acids is 1. The van der Waals surface area contributed by atoms with Crippen molar-refractivity contribution >= 4 is 41.4 Å². The van der Waals surface area contributed by atoms with Crippen LogP contribution in [0.3, 0.4) is 0 Å². The number of nitrogens with zero attached hydrogens (tertiary/aromatic N) is 2. The molecule has 0 aromatic rings. The summed E-state index contributed by atoms with van der Waals surface area (Å²) in [5.41, 5.74) is 0. The van der Waals surface area contributed by atoms with Crippen molar-refractivity contribution in [3.63, 3.8) is 0 Å². The van der Waals surface area contributed by atoms with E-state index in [9.17, 15) is 24.0 Å². The second kappa shape index (κ2) is 9.02. The molecule has 9 nitrogen and oxygen atoms in total. The van der Waals surface area contributed by atoms with Gasteiger partial charge in [0.1, 0.15) is 6.04 Å². The average Bonchev–Trinajstić information content (AvgIpc) is 2.88. The van der Waals surface area contributed by atoms with Crippen LogP contribution in [-0.4, -0.2) is 68.3 Å². The summed E-state index contributed by atoms with van der Waals surface area (Å²) in [5, 5.41) is 9.43. The summed E-state index contributed by atoms with van der Waals surface area (Å²) in [6.45, 7) is 5.10. The highest BCUT2D eigenvalue weighted by molar-refractivity contribution is 8.01. The molecule has 0 saturated carbocycles. The molecule has 0 aliphatic carbocycles. The van der Waals surface area contributed by atoms with Gasteiger partial charge in [0.05, 0.1) is 5.75 Å². The molecule has 0 aromatic carbocycles. The van der Waals surface area contributed by atoms with Crippen molar-refractivity contribution in [2.45, 2.75) is 57.2 Å². The first kappa shape index (κ1) is 21.9. The predicted octanol–water partition coefficient (Wildman–Crippen LogP) is 0.817. The number of amides is 3. The van der Waals surface area contributed by atoms with Gasteiger partial charge in [0.15, 0.2) is 0 Å². The van der Waals surface area contributed by atoms with Gasteiger partial charge in [0, 0.05) is 31.1 Å². The van der Waals surface area contributed by atoms with E-state index >= 15 is 0 Å². The SMILES string of the molecule is C[C@@H](C(=O)O)N(C)C(=O)CCC(C)(C)SCC(=O)ON1C(=O)CCC1=O. The summed E-state index contributed by atoms with van der Waals surface area (Å²) in [6, 6.07) is -0.913. The van der Waals surface area contributed by atoms with Crippen LogP contribution in [0.1, 0.15) is 46.5 Å². The van der Waals surface area contributed by atoms with Crippen molar-refractivity contribution in [3.8, 4) is 0 Å². The van der Waals surface area contributed by atoms with Gasteiger partial charge in [-0.1, -0.05) is 13.8 Å². The van der Waals surface area contributed by atoms with Crippen molar-refractivity contribution in [2.75, 3.05) is 12.8 Å². The Balaban J connectivity index is 2.42. The van der Waals surface area contributed by atoms with Crippen LogP contribution < -0.4 is 0 Å². The van der Waals surface area contributed by atoms with Crippen LogP contribution in [0.2, 0.25) is 0 Å². The summed E-state index contributed by atoms with van der Waals surface area (Å²) < 4.78 is -0.457. The van der Waals surface area contributed by atoms with E-state index < -0.39 is 34.5 Å². The van der Waals surface area contributed by atoms with Gasteiger partial charge in [-0.05, 0) is 13.3 Å². The number of aliphatic carboxylic acids is 1. The number of hydroxylamine groups is 2. The third kappa shape index (κ3) is 6.32. The van der Waals surface area contributed by atoms with Gasteiger partial charge in [0.2, 0.25) is 5.91 Å². The largest absolute Gasteiger partial charge is 0.480 e. The molecule has 0 spiro atoms. The van der Waals surface area contributed by atoms with Gasteiger partial charge in [-0.15, -0.1) is 16.8 Å². The zero-order valence-electron chi connectivity index (χ0n) is 15.3. The Bertz CT molecular complexity index is 589. The lowest BCUT2D eigenvalue weighted by molar-refractivity contribution is -0.195. The van der Waals surface area contributed by atoms with Crippen LogP contribution in [0, 0.1) is 0 Å². The highest BCUT2D eigenvalue weighted by atomic mass is 32.2. The first-order chi connectivity index (χ1) is 11.9. The Morgan fingerprint density at radius 3 is 2.31 bits per heavy atom. The predicted molar refractivity (Wildman–Crippen MR) is 92.8 cm³/mol. The molecule has 1 aliphatic heterocycles. The monoisotopic (exact) mass is 388 g/mol. The fraction of sp³-hybridized carbons (Fsp3) is 0.688. The molecule has 3 amide bonds. The van der Waals surface area contributed by atoms with Crippen molar-refractivity contribution < 1.29 is 33.9 Å². The molecule has 1 rings (SSSR count). The van der Waals surface area contributed by atoms with Crippen LogP contribution in [0.25, 0.3) is 0 Å². The lowest BCUT2D eigenvalue weighted by Crippen LogP contribution is -2.40. The number of rotatable bonds is 9. The van der Waals surface area contributed by atoms with E-state index in [-0.39, 0.29) is 30.9 Å². The topological polar surface area (TPSA) is 121 Å². The molecule has 0 unspecified atom stereocenters. The Morgan fingerprint density at radius 1 is 1.27 bits per heavy atom. The van der Waals surface area contributed by atoms with Crippen LogP contribution in [0.5, 0.6) is 0 Å². The first-order valence-corrected chi connectivity index (χ1v) is 9.12. The fourth-order valence-electron chi connectivity index (χ4n) is 2.08. The molecule has 1 aliphatic rings. The third-order valence-electron chi connectivity index (χ3n) is 4.05. The van der Waals surface area contributed by atoms with E-state index in [1.165, 1.54) is 30.6 Å². The van der Waals surface area contributed by atoms with Crippen molar-refractivity contribution in [1.29, 1.82) is 0 Å². The lowest BCUT2D eigenvalue weighted by Gasteiger charge is -2.26. The van der Waals surface area contributed by atoms with E-state index in [2.05, 4.69) is 0 Å². The minimum absolute atomic E-state index is 0.0368. The molecular formula is C16H24N2O7S. The minimum atomic E-state index is -1.08. The molecule has 10 heteroatoms. The molecule has 0 bridgehead atoms. The maximum absolute atomic E-state index is 12.1. The lowest BCUT2D eigenvalue weighted by atomic mass is 10.1. The van der Waals surface area contributed by atoms with E-state index in [0.29, 0.717) is 11.5 Å². The number of thioether (sulfide) groups is 1. The van der Waals surface area contributed by atoms with Crippen LogP contribution >= 0.6 is 11.8 Å². The van der Waals surface area contributed by atoms with Crippen LogP contribution in [0.15, 0.2) is 0 Å². The second-order valence-electron chi connectivity index (χ2n) is 6.61. The molecule has 1 fully saturated rings. The summed E-state index contributed by atoms with van der Waals surface area (Å²) in [6.07, 6.45) is 0.624. The number of hydrogen-bond acceptors (Lipinski definition) is 7. The van der Waals surface area contributed by atoms with Gasteiger partial charge in [-0.2, -0.15) is 0 Å². The van der Waals surface area contributed by atoms with Crippen molar-refractivity contribution in [2.24, 2.45) is 0 Å². The number of hydrogen-bond donors (Lipinski definition) is 1. The number of imide groups is 1. The van der Waals surface area contributed by atoms with Gasteiger partial charge >= 0.3 is 11.9 Å². The van der Waals surface area contributed by atoms with E-state index in [4.69, 9.17) is 9.94 Å². The first-order valence-electron chi connectivity index (χ1n) is 8.13. The number of carbonyl (C=O) groups excluding carboxylic acids is 4. The smallest absolute Gasteiger partial charge is 0.343 e. The van der Waals surface area contributed by atoms with Crippen LogP contribution in [0.4, 0.5) is 0 Å². The molecule has 26 heavy (non-hydrogen) atoms. The summed E-state index contributed by atoms with van der Waals surface area (Å²) >= 11 is 1.23. The maximum Gasteiger partial charge on any atom is 0.343 e. The zero-order valence-corrected chi connectivity index (χ0v) is 16.1. The number of carboxylic acid groups (broad SMARTS) is 1. The Kier molecular flexibility index (Phi) is 7.61. The Labute approximate surface area is 156 Å². The highest BCUT2D eigenvalue weighted by Gasteiger charge is 2.33. The number of likely N-dealkylation sites (N-methyl/N-ethyl adjacent to an activating group) is 1. The summed E-state index contributed by atoms with van der Waals surface area (Å²) in [7, 11) is 1.43. The minimum Gasteiger partial charge on any atom is -0.480 e. The third-order valence-corrected chi connectivity index (χ3v) is 5.42. The number of carbonyl (C=O) groups is 5. The van der Waals surface area contributed by atoms with Crippen molar-refractivity contribution in [1.82, 2.24) is 9.96 Å². The highest BCUT2D eigenvalue weighted by Crippen LogP contribution is 2.30. The second-order valence-corrected chi connectivity index (χ2v) is 8.29. The summed E-state index contributed by atoms with van der Waals surface area (Å²) in [4.78, 5) is 63.5. The van der Waals surface area contributed by atoms with Crippen molar-refractivity contribution in [3.05, 3.63) is 0 Å². The standard InChI is InChI=1S/C16H24N2O7S/c1-10(15(23)24)17(4)11(19)7-8-16(2,3)26-9-14(22)25-18-12(20)5-6-13(18)21/h10H,5-9H2,1-4H3,(H,23,24)/t10-/m0/s1. The van der Waals surface area contributed by atoms with Gasteiger partial charge in [0.25, 0.3) is 11.8 Å². The Morgan fingerprint density at radius 2 is 1.81 bits per heavy atom. The molecule has 0 radical (unpaired) electrons. The van der Waals surface area contributed by atoms with Gasteiger partial charge in [-0.25, -0.2) is 9.59 Å². The van der Waals surface area contributed by atoms with Gasteiger partial charge < -0.3 is 14.8 Å². The molecule has 0 aromatic heterocycles. The summed E-state index contributed by atoms with van der Waals surface area (Å²) in [5.74, 6) is -3.25. The molecule has 1 heterocycles. The average molecular weight is 388 g/mol. The quantitative estimate of drug-likeness (QED) is 0.576. The Hall–Kier alpha value is -2.10. The molecule has 1 saturated heterocycles. The molecular weight excluding hydrogens is 364 g/mol. The molecule has 1 atom stereocenters. The van der Waals surface area contributed by atoms with E-state index in [1.54, 1.807) is 0 Å². The van der Waals surface area contributed by atoms with E-state index in [0.717, 1.165) is 0 Å². The van der Waals surface area contributed by atoms with E-state index in [1.807, 2.05) is 13.8 Å². The molecule has 1 N–H and O–H groups in total. The fourth-order valence-corrected chi connectivity index (χ4v) is 2.89.